The molecule has 1 atom stereocenters. The zero-order valence-corrected chi connectivity index (χ0v) is 15.5. The minimum atomic E-state index is -5.08. The van der Waals surface area contributed by atoms with E-state index < -0.39 is 12.1 Å². The predicted molar refractivity (Wildman–Crippen MR) is 95.2 cm³/mol. The number of alkyl halides is 3. The summed E-state index contributed by atoms with van der Waals surface area (Å²) in [5.41, 5.74) is 1.10. The molecule has 1 amide bonds. The van der Waals surface area contributed by atoms with Crippen molar-refractivity contribution in [1.82, 2.24) is 15.1 Å². The van der Waals surface area contributed by atoms with Crippen LogP contribution in [-0.4, -0.2) is 72.2 Å². The highest BCUT2D eigenvalue weighted by Crippen LogP contribution is 2.23. The van der Waals surface area contributed by atoms with Gasteiger partial charge in [0.25, 0.3) is 0 Å². The molecule has 2 rings (SSSR count). The monoisotopic (exact) mass is 389 g/mol. The van der Waals surface area contributed by atoms with Gasteiger partial charge in [0.05, 0.1) is 0 Å². The van der Waals surface area contributed by atoms with E-state index in [1.54, 1.807) is 0 Å². The first-order valence-electron chi connectivity index (χ1n) is 8.80. The van der Waals surface area contributed by atoms with Gasteiger partial charge in [-0.15, -0.1) is 0 Å². The Labute approximate surface area is 156 Å². The lowest BCUT2D eigenvalue weighted by molar-refractivity contribution is -0.192. The number of hydrogen-bond donors (Lipinski definition) is 2. The van der Waals surface area contributed by atoms with Crippen LogP contribution in [0.15, 0.2) is 30.3 Å². The summed E-state index contributed by atoms with van der Waals surface area (Å²) in [6.07, 6.45) is -5.08. The number of likely N-dealkylation sites (N-methyl/N-ethyl adjacent to an activating group) is 1. The number of rotatable bonds is 5. The van der Waals surface area contributed by atoms with Gasteiger partial charge < -0.3 is 15.3 Å². The highest BCUT2D eigenvalue weighted by molar-refractivity contribution is 5.83. The zero-order valence-electron chi connectivity index (χ0n) is 15.5. The van der Waals surface area contributed by atoms with Crippen LogP contribution in [0.25, 0.3) is 0 Å². The van der Waals surface area contributed by atoms with Crippen LogP contribution in [0.5, 0.6) is 0 Å². The van der Waals surface area contributed by atoms with E-state index >= 15 is 0 Å². The number of carboxylic acid groups (broad SMARTS) is 1. The van der Waals surface area contributed by atoms with Gasteiger partial charge in [0.15, 0.2) is 0 Å². The third kappa shape index (κ3) is 7.18. The molecule has 1 aliphatic heterocycles. The van der Waals surface area contributed by atoms with Crippen molar-refractivity contribution in [3.05, 3.63) is 35.9 Å². The number of nitrogens with zero attached hydrogens (tertiary/aromatic N) is 2. The standard InChI is InChI=1S/C16H25N3O.C2HF3O2/c1-3-18(4-2)16(20)15(14-8-6-5-7-9-14)19-12-10-17-11-13-19;3-2(4,5)1(6)7/h5-9,15,17H,3-4,10-13H2,1-2H3;(H,6,7). The van der Waals surface area contributed by atoms with E-state index in [0.29, 0.717) is 0 Å². The van der Waals surface area contributed by atoms with Crippen LogP contribution < -0.4 is 5.32 Å². The van der Waals surface area contributed by atoms with Gasteiger partial charge in [-0.1, -0.05) is 30.3 Å². The maximum Gasteiger partial charge on any atom is 0.490 e. The molecule has 1 aliphatic rings. The quantitative estimate of drug-likeness (QED) is 0.807. The summed E-state index contributed by atoms with van der Waals surface area (Å²) >= 11 is 0. The Morgan fingerprint density at radius 3 is 2.04 bits per heavy atom. The SMILES string of the molecule is CCN(CC)C(=O)C(c1ccccc1)N1CCNCC1.O=C(O)C(F)(F)F. The third-order valence-corrected chi connectivity index (χ3v) is 4.18. The van der Waals surface area contributed by atoms with E-state index in [1.165, 1.54) is 0 Å². The molecule has 1 heterocycles. The second kappa shape index (κ2) is 10.9. The fourth-order valence-electron chi connectivity index (χ4n) is 2.79. The lowest BCUT2D eigenvalue weighted by Gasteiger charge is -2.36. The summed E-state index contributed by atoms with van der Waals surface area (Å²) in [7, 11) is 0. The Morgan fingerprint density at radius 2 is 1.63 bits per heavy atom. The molecule has 1 aromatic rings. The number of benzene rings is 1. The maximum absolute atomic E-state index is 12.9. The van der Waals surface area contributed by atoms with Gasteiger partial charge in [-0.25, -0.2) is 4.79 Å². The molecule has 2 N–H and O–H groups in total. The molecule has 1 fully saturated rings. The number of aliphatic carboxylic acids is 1. The van der Waals surface area contributed by atoms with Gasteiger partial charge >= 0.3 is 12.1 Å². The fourth-order valence-corrected chi connectivity index (χ4v) is 2.79. The van der Waals surface area contributed by atoms with E-state index in [0.717, 1.165) is 44.8 Å². The summed E-state index contributed by atoms with van der Waals surface area (Å²) in [4.78, 5) is 26.0. The third-order valence-electron chi connectivity index (χ3n) is 4.18. The first-order chi connectivity index (χ1) is 12.7. The molecule has 0 saturated carbocycles. The summed E-state index contributed by atoms with van der Waals surface area (Å²) in [5.74, 6) is -2.53. The van der Waals surface area contributed by atoms with Gasteiger partial charge in [-0.3, -0.25) is 9.69 Å². The summed E-state index contributed by atoms with van der Waals surface area (Å²) < 4.78 is 31.7. The maximum atomic E-state index is 12.9. The Bertz CT molecular complexity index is 587. The number of carbonyl (C=O) groups excluding carboxylic acids is 1. The number of piperazine rings is 1. The predicted octanol–water partition coefficient (Wildman–Crippen LogP) is 2.13. The van der Waals surface area contributed by atoms with Crippen LogP contribution in [0.1, 0.15) is 25.5 Å². The second-order valence-corrected chi connectivity index (χ2v) is 5.91. The van der Waals surface area contributed by atoms with Crippen LogP contribution in [-0.2, 0) is 9.59 Å². The molecule has 0 aromatic heterocycles. The normalized spacial score (nSPS) is 16.0. The average molecular weight is 389 g/mol. The van der Waals surface area contributed by atoms with Gasteiger partial charge in [-0.05, 0) is 19.4 Å². The second-order valence-electron chi connectivity index (χ2n) is 5.91. The Hall–Kier alpha value is -2.13. The fraction of sp³-hybridized carbons (Fsp3) is 0.556. The van der Waals surface area contributed by atoms with Crippen LogP contribution >= 0.6 is 0 Å². The number of nitrogens with one attached hydrogen (secondary N) is 1. The van der Waals surface area contributed by atoms with Crippen LogP contribution in [0.2, 0.25) is 0 Å². The highest BCUT2D eigenvalue weighted by atomic mass is 19.4. The number of halogens is 3. The number of carboxylic acids is 1. The smallest absolute Gasteiger partial charge is 0.475 e. The lowest BCUT2D eigenvalue weighted by atomic mass is 10.0. The Morgan fingerprint density at radius 1 is 1.15 bits per heavy atom. The van der Waals surface area contributed by atoms with Gasteiger partial charge in [0, 0.05) is 39.3 Å². The van der Waals surface area contributed by atoms with Crippen molar-refractivity contribution in [3.63, 3.8) is 0 Å². The van der Waals surface area contributed by atoms with Crippen molar-refractivity contribution in [2.75, 3.05) is 39.3 Å². The van der Waals surface area contributed by atoms with Gasteiger partial charge in [0.2, 0.25) is 5.91 Å². The first kappa shape index (κ1) is 22.9. The van der Waals surface area contributed by atoms with Crippen molar-refractivity contribution in [1.29, 1.82) is 0 Å². The number of amides is 1. The molecule has 1 saturated heterocycles. The van der Waals surface area contributed by atoms with E-state index in [4.69, 9.17) is 9.90 Å². The van der Waals surface area contributed by atoms with Crippen molar-refractivity contribution >= 4 is 11.9 Å². The largest absolute Gasteiger partial charge is 0.490 e. The molecule has 27 heavy (non-hydrogen) atoms. The first-order valence-corrected chi connectivity index (χ1v) is 8.80. The van der Waals surface area contributed by atoms with Crippen LogP contribution in [0.4, 0.5) is 13.2 Å². The Kier molecular flexibility index (Phi) is 9.23. The van der Waals surface area contributed by atoms with Crippen molar-refractivity contribution < 1.29 is 27.9 Å². The van der Waals surface area contributed by atoms with E-state index in [2.05, 4.69) is 22.3 Å². The molecule has 0 radical (unpaired) electrons. The van der Waals surface area contributed by atoms with Crippen molar-refractivity contribution in [2.45, 2.75) is 26.1 Å². The van der Waals surface area contributed by atoms with E-state index in [9.17, 15) is 18.0 Å². The minimum Gasteiger partial charge on any atom is -0.475 e. The van der Waals surface area contributed by atoms with E-state index in [-0.39, 0.29) is 11.9 Å². The van der Waals surface area contributed by atoms with Crippen molar-refractivity contribution in [3.8, 4) is 0 Å². The molecule has 9 heteroatoms. The summed E-state index contributed by atoms with van der Waals surface area (Å²) in [6.45, 7) is 9.38. The van der Waals surface area contributed by atoms with E-state index in [1.807, 2.05) is 36.9 Å². The molecule has 0 aliphatic carbocycles. The zero-order chi connectivity index (χ0) is 20.4. The van der Waals surface area contributed by atoms with Crippen molar-refractivity contribution in [2.24, 2.45) is 0 Å². The molecule has 0 bridgehead atoms. The lowest BCUT2D eigenvalue weighted by Crippen LogP contribution is -2.50. The van der Waals surface area contributed by atoms with Crippen LogP contribution in [0.3, 0.4) is 0 Å². The molecule has 6 nitrogen and oxygen atoms in total. The molecular weight excluding hydrogens is 363 g/mol. The van der Waals surface area contributed by atoms with Gasteiger partial charge in [-0.2, -0.15) is 13.2 Å². The van der Waals surface area contributed by atoms with Gasteiger partial charge in [0.1, 0.15) is 6.04 Å². The topological polar surface area (TPSA) is 72.9 Å². The average Bonchev–Trinajstić information content (AvgIpc) is 2.64. The minimum absolute atomic E-state index is 0.141. The summed E-state index contributed by atoms with van der Waals surface area (Å²) in [6, 6.07) is 10.0. The molecule has 1 unspecified atom stereocenters. The number of carbonyl (C=O) groups is 2. The molecule has 152 valence electrons. The molecule has 0 spiro atoms. The summed E-state index contributed by atoms with van der Waals surface area (Å²) in [5, 5.41) is 10.5. The van der Waals surface area contributed by atoms with Crippen LogP contribution in [0, 0.1) is 0 Å². The highest BCUT2D eigenvalue weighted by Gasteiger charge is 2.38. The molecular formula is C18H26F3N3O3. The Balaban J connectivity index is 0.000000445. The number of hydrogen-bond acceptors (Lipinski definition) is 4. The molecule has 1 aromatic carbocycles.